The van der Waals surface area contributed by atoms with Crippen LogP contribution in [0.2, 0.25) is 0 Å². The molecule has 1 aliphatic carbocycles. The first kappa shape index (κ1) is 22.5. The van der Waals surface area contributed by atoms with Crippen molar-refractivity contribution in [1.82, 2.24) is 24.7 Å². The van der Waals surface area contributed by atoms with Crippen LogP contribution in [0, 0.1) is 6.92 Å². The number of aliphatic hydroxyl groups excluding tert-OH is 1. The van der Waals surface area contributed by atoms with Gasteiger partial charge in [-0.2, -0.15) is 9.40 Å². The van der Waals surface area contributed by atoms with Crippen LogP contribution in [-0.2, 0) is 32.5 Å². The van der Waals surface area contributed by atoms with Gasteiger partial charge in [0.1, 0.15) is 12.3 Å². The highest BCUT2D eigenvalue weighted by molar-refractivity contribution is 7.89. The van der Waals surface area contributed by atoms with Gasteiger partial charge in [0.25, 0.3) is 5.91 Å². The van der Waals surface area contributed by atoms with Crippen LogP contribution in [0.1, 0.15) is 35.7 Å². The van der Waals surface area contributed by atoms with Crippen molar-refractivity contribution in [1.29, 1.82) is 0 Å². The van der Waals surface area contributed by atoms with Gasteiger partial charge in [0.05, 0.1) is 30.3 Å². The molecule has 2 saturated heterocycles. The molecule has 4 atom stereocenters. The zero-order valence-corrected chi connectivity index (χ0v) is 19.3. The number of fused-ring (bicyclic) bond motifs is 2. The third-order valence-corrected chi connectivity index (χ3v) is 8.61. The van der Waals surface area contributed by atoms with Gasteiger partial charge in [-0.25, -0.2) is 8.42 Å². The quantitative estimate of drug-likeness (QED) is 0.540. The predicted molar refractivity (Wildman–Crippen MR) is 119 cm³/mol. The second-order valence-corrected chi connectivity index (χ2v) is 10.7. The maximum Gasteiger partial charge on any atom is 0.251 e. The summed E-state index contributed by atoms with van der Waals surface area (Å²) in [7, 11) is -3.76. The molecule has 3 N–H and O–H groups in total. The fourth-order valence-electron chi connectivity index (χ4n) is 4.98. The second-order valence-electron chi connectivity index (χ2n) is 8.80. The Morgan fingerprint density at radius 3 is 2.88 bits per heavy atom. The van der Waals surface area contributed by atoms with E-state index < -0.39 is 28.4 Å². The van der Waals surface area contributed by atoms with E-state index in [9.17, 15) is 18.3 Å². The van der Waals surface area contributed by atoms with Crippen LogP contribution >= 0.6 is 0 Å². The molecule has 1 amide bonds. The highest BCUT2D eigenvalue weighted by Crippen LogP contribution is 2.34. The number of aromatic nitrogens is 2. The van der Waals surface area contributed by atoms with Crippen molar-refractivity contribution in [2.45, 2.75) is 62.0 Å². The van der Waals surface area contributed by atoms with Gasteiger partial charge < -0.3 is 15.2 Å². The second kappa shape index (κ2) is 8.80. The highest BCUT2D eigenvalue weighted by atomic mass is 32.2. The molecule has 10 nitrogen and oxygen atoms in total. The third kappa shape index (κ3) is 3.97. The minimum atomic E-state index is -3.76. The number of piperazine rings is 1. The number of nitrogens with zero attached hydrogens (tertiary/aromatic N) is 3. The molecule has 0 bridgehead atoms. The summed E-state index contributed by atoms with van der Waals surface area (Å²) in [5.41, 5.74) is 2.95. The number of sulfonamides is 1. The number of ether oxygens (including phenoxy) is 1. The number of aryl methyl sites for hydroxylation is 1. The molecule has 5 rings (SSSR count). The summed E-state index contributed by atoms with van der Waals surface area (Å²) in [6.07, 6.45) is 2.86. The SMILES string of the molecule is Cc1ccc(S(=O)(=O)N2CCNC3OC(C(=O)NC4CCCc5c4cnn5CCO)C32)cc1. The Kier molecular flexibility index (Phi) is 6.00. The van der Waals surface area contributed by atoms with Crippen molar-refractivity contribution in [3.63, 3.8) is 0 Å². The number of carbonyl (C=O) groups is 1. The van der Waals surface area contributed by atoms with Gasteiger partial charge in [-0.1, -0.05) is 17.7 Å². The molecule has 2 fully saturated rings. The van der Waals surface area contributed by atoms with Crippen LogP contribution < -0.4 is 10.6 Å². The Morgan fingerprint density at radius 1 is 1.33 bits per heavy atom. The zero-order chi connectivity index (χ0) is 23.2. The lowest BCUT2D eigenvalue weighted by atomic mass is 9.92. The molecule has 3 heterocycles. The molecule has 1 aromatic heterocycles. The Balaban J connectivity index is 1.34. The lowest BCUT2D eigenvalue weighted by Gasteiger charge is -2.51. The largest absolute Gasteiger partial charge is 0.394 e. The number of aliphatic hydroxyl groups is 1. The van der Waals surface area contributed by atoms with Crippen molar-refractivity contribution in [2.24, 2.45) is 0 Å². The lowest BCUT2D eigenvalue weighted by molar-refractivity contribution is -0.207. The summed E-state index contributed by atoms with van der Waals surface area (Å²) in [6, 6.07) is 5.92. The molecule has 3 aliphatic rings. The van der Waals surface area contributed by atoms with Crippen LogP contribution in [0.4, 0.5) is 0 Å². The van der Waals surface area contributed by atoms with E-state index in [1.807, 2.05) is 6.92 Å². The molecule has 4 unspecified atom stereocenters. The van der Waals surface area contributed by atoms with Gasteiger partial charge in [-0.15, -0.1) is 0 Å². The summed E-state index contributed by atoms with van der Waals surface area (Å²) in [4.78, 5) is 13.4. The normalized spacial score (nSPS) is 27.3. The summed E-state index contributed by atoms with van der Waals surface area (Å²) < 4.78 is 35.7. The Bertz CT molecular complexity index is 1130. The van der Waals surface area contributed by atoms with E-state index in [2.05, 4.69) is 15.7 Å². The molecule has 0 radical (unpaired) electrons. The van der Waals surface area contributed by atoms with Crippen LogP contribution in [0.25, 0.3) is 0 Å². The minimum Gasteiger partial charge on any atom is -0.394 e. The predicted octanol–water partition coefficient (Wildman–Crippen LogP) is 0.0650. The van der Waals surface area contributed by atoms with Crippen molar-refractivity contribution in [3.8, 4) is 0 Å². The average Bonchev–Trinajstić information content (AvgIpc) is 3.19. The molecule has 0 spiro atoms. The lowest BCUT2D eigenvalue weighted by Crippen LogP contribution is -2.75. The van der Waals surface area contributed by atoms with Crippen LogP contribution in [-0.4, -0.2) is 71.6 Å². The third-order valence-electron chi connectivity index (χ3n) is 6.70. The molecular weight excluding hydrogens is 446 g/mol. The number of rotatable bonds is 6. The van der Waals surface area contributed by atoms with Crippen molar-refractivity contribution in [3.05, 3.63) is 47.3 Å². The molecular formula is C22H29N5O5S. The zero-order valence-electron chi connectivity index (χ0n) is 18.5. The van der Waals surface area contributed by atoms with Gasteiger partial charge in [0.2, 0.25) is 10.0 Å². The summed E-state index contributed by atoms with van der Waals surface area (Å²) in [5.74, 6) is -0.322. The molecule has 1 aromatic carbocycles. The van der Waals surface area contributed by atoms with Gasteiger partial charge in [0, 0.05) is 24.3 Å². The fraction of sp³-hybridized carbons (Fsp3) is 0.545. The van der Waals surface area contributed by atoms with E-state index in [0.29, 0.717) is 13.1 Å². The number of carbonyl (C=O) groups excluding carboxylic acids is 1. The van der Waals surface area contributed by atoms with E-state index in [0.717, 1.165) is 36.1 Å². The van der Waals surface area contributed by atoms with Gasteiger partial charge in [-0.3, -0.25) is 14.8 Å². The van der Waals surface area contributed by atoms with Crippen molar-refractivity contribution < 1.29 is 23.1 Å². The summed E-state index contributed by atoms with van der Waals surface area (Å²) >= 11 is 0. The Labute approximate surface area is 193 Å². The molecule has 178 valence electrons. The van der Waals surface area contributed by atoms with E-state index in [1.165, 1.54) is 4.31 Å². The topological polar surface area (TPSA) is 126 Å². The van der Waals surface area contributed by atoms with E-state index in [-0.39, 0.29) is 30.0 Å². The molecule has 2 aromatic rings. The number of nitrogens with one attached hydrogen (secondary N) is 2. The molecule has 0 saturated carbocycles. The standard InChI is InChI=1S/C22H29N5O5S/c1-14-5-7-15(8-6-14)33(30,31)27-10-9-23-22-19(27)20(32-22)21(29)25-17-3-2-4-18-16(17)13-24-26(18)11-12-28/h5-8,13,17,19-20,22-23,28H,2-4,9-12H2,1H3,(H,25,29). The van der Waals surface area contributed by atoms with Gasteiger partial charge in [-0.05, 0) is 38.3 Å². The fourth-order valence-corrected chi connectivity index (χ4v) is 6.60. The van der Waals surface area contributed by atoms with Crippen LogP contribution in [0.5, 0.6) is 0 Å². The number of benzene rings is 1. The van der Waals surface area contributed by atoms with E-state index in [1.54, 1.807) is 35.1 Å². The van der Waals surface area contributed by atoms with E-state index in [4.69, 9.17) is 4.74 Å². The van der Waals surface area contributed by atoms with Crippen molar-refractivity contribution >= 4 is 15.9 Å². The smallest absolute Gasteiger partial charge is 0.251 e. The minimum absolute atomic E-state index is 0.00240. The molecule has 11 heteroatoms. The first-order chi connectivity index (χ1) is 15.9. The summed E-state index contributed by atoms with van der Waals surface area (Å²) in [6.45, 7) is 3.05. The van der Waals surface area contributed by atoms with Crippen LogP contribution in [0.15, 0.2) is 35.4 Å². The summed E-state index contributed by atoms with van der Waals surface area (Å²) in [5, 5.41) is 19.8. The van der Waals surface area contributed by atoms with Gasteiger partial charge >= 0.3 is 0 Å². The maximum atomic E-state index is 13.4. The van der Waals surface area contributed by atoms with Gasteiger partial charge in [0.15, 0.2) is 6.10 Å². The number of hydrogen-bond donors (Lipinski definition) is 3. The first-order valence-corrected chi connectivity index (χ1v) is 12.8. The van der Waals surface area contributed by atoms with Crippen LogP contribution in [0.3, 0.4) is 0 Å². The maximum absolute atomic E-state index is 13.4. The monoisotopic (exact) mass is 475 g/mol. The molecule has 33 heavy (non-hydrogen) atoms. The molecule has 2 aliphatic heterocycles. The average molecular weight is 476 g/mol. The Hall–Kier alpha value is -2.31. The van der Waals surface area contributed by atoms with E-state index >= 15 is 0 Å². The Morgan fingerprint density at radius 2 is 2.12 bits per heavy atom. The number of hydrogen-bond acceptors (Lipinski definition) is 7. The highest BCUT2D eigenvalue weighted by Gasteiger charge is 2.55. The first-order valence-electron chi connectivity index (χ1n) is 11.3. The number of amides is 1. The van der Waals surface area contributed by atoms with Crippen molar-refractivity contribution in [2.75, 3.05) is 19.7 Å².